The van der Waals surface area contributed by atoms with Crippen molar-refractivity contribution in [2.45, 2.75) is 38.8 Å². The average Bonchev–Trinajstić information content (AvgIpc) is 3.43. The number of ether oxygens (including phenoxy) is 1. The first-order valence-electron chi connectivity index (χ1n) is 13.3. The Bertz CT molecular complexity index is 1850. The van der Waals surface area contributed by atoms with Crippen molar-refractivity contribution in [1.29, 1.82) is 0 Å². The third kappa shape index (κ3) is 4.62. The van der Waals surface area contributed by atoms with Crippen molar-refractivity contribution >= 4 is 28.7 Å². The fourth-order valence-electron chi connectivity index (χ4n) is 5.38. The zero-order chi connectivity index (χ0) is 29.6. The molecular formula is C31H27FN6O4. The third-order valence-corrected chi connectivity index (χ3v) is 7.44. The summed E-state index contributed by atoms with van der Waals surface area (Å²) in [7, 11) is 1.58. The number of nitrogens with zero attached hydrogens (tertiary/aromatic N) is 6. The Labute approximate surface area is 240 Å². The Kier molecular flexibility index (Phi) is 6.64. The van der Waals surface area contributed by atoms with Crippen molar-refractivity contribution in [3.8, 4) is 17.3 Å². The highest BCUT2D eigenvalue weighted by Crippen LogP contribution is 2.44. The van der Waals surface area contributed by atoms with Gasteiger partial charge in [0.1, 0.15) is 23.1 Å². The second kappa shape index (κ2) is 10.3. The van der Waals surface area contributed by atoms with Gasteiger partial charge in [-0.2, -0.15) is 5.10 Å². The molecule has 1 amide bonds. The number of carboxylic acid groups (broad SMARTS) is 1. The van der Waals surface area contributed by atoms with E-state index in [1.165, 1.54) is 6.07 Å². The van der Waals surface area contributed by atoms with E-state index in [1.807, 2.05) is 24.3 Å². The number of aromatic nitrogens is 5. The topological polar surface area (TPSA) is 123 Å². The van der Waals surface area contributed by atoms with Crippen molar-refractivity contribution in [3.63, 3.8) is 0 Å². The SMILES string of the molecule is COc1ccc(CN2C(=O)C(C)(C)c3c(CC(=O)O)nc(-c4nn(Cc5ccccc5F)c5ncccc45)nc32)cc1. The number of rotatable bonds is 8. The maximum atomic E-state index is 14.5. The molecule has 10 nitrogen and oxygen atoms in total. The van der Waals surface area contributed by atoms with Crippen molar-refractivity contribution < 1.29 is 23.8 Å². The number of carboxylic acids is 1. The van der Waals surface area contributed by atoms with Crippen molar-refractivity contribution in [2.24, 2.45) is 0 Å². The van der Waals surface area contributed by atoms with Crippen LogP contribution in [0.1, 0.15) is 36.2 Å². The van der Waals surface area contributed by atoms with Crippen LogP contribution in [0.15, 0.2) is 66.9 Å². The highest BCUT2D eigenvalue weighted by molar-refractivity contribution is 6.07. The lowest BCUT2D eigenvalue weighted by molar-refractivity contribution is -0.136. The second-order valence-electron chi connectivity index (χ2n) is 10.6. The molecule has 0 spiro atoms. The van der Waals surface area contributed by atoms with Gasteiger partial charge >= 0.3 is 5.97 Å². The molecule has 3 aromatic heterocycles. The van der Waals surface area contributed by atoms with Crippen molar-refractivity contribution in [2.75, 3.05) is 12.0 Å². The standard InChI is InChI=1S/C31H27FN6O4/c1-31(2)25-23(15-24(39)40)34-27(35-29(25)37(30(31)41)16-18-10-12-20(42-3)13-11-18)26-21-8-6-14-33-28(21)38(36-26)17-19-7-4-5-9-22(19)32/h4-14H,15-17H2,1-3H3,(H,39,40). The van der Waals surface area contributed by atoms with Gasteiger partial charge in [0, 0.05) is 17.3 Å². The maximum Gasteiger partial charge on any atom is 0.309 e. The molecule has 0 aliphatic carbocycles. The van der Waals surface area contributed by atoms with Crippen LogP contribution >= 0.6 is 0 Å². The minimum Gasteiger partial charge on any atom is -0.497 e. The van der Waals surface area contributed by atoms with Crippen LogP contribution in [-0.4, -0.2) is 48.8 Å². The van der Waals surface area contributed by atoms with Gasteiger partial charge in [-0.15, -0.1) is 0 Å². The summed E-state index contributed by atoms with van der Waals surface area (Å²) in [6.45, 7) is 3.83. The number of hydrogen-bond donors (Lipinski definition) is 1. The number of halogens is 1. The summed E-state index contributed by atoms with van der Waals surface area (Å²) in [5.74, 6) is -0.500. The van der Waals surface area contributed by atoms with Gasteiger partial charge in [-0.3, -0.25) is 14.5 Å². The molecule has 0 bridgehead atoms. The van der Waals surface area contributed by atoms with Gasteiger partial charge in [0.25, 0.3) is 0 Å². The molecule has 0 saturated carbocycles. The number of carbonyl (C=O) groups excluding carboxylic acids is 1. The van der Waals surface area contributed by atoms with Gasteiger partial charge in [0.15, 0.2) is 11.5 Å². The van der Waals surface area contributed by atoms with E-state index in [-0.39, 0.29) is 36.3 Å². The Balaban J connectivity index is 1.51. The Morgan fingerprint density at radius 3 is 2.50 bits per heavy atom. The highest BCUT2D eigenvalue weighted by Gasteiger charge is 2.48. The molecule has 0 saturated heterocycles. The van der Waals surface area contributed by atoms with E-state index >= 15 is 0 Å². The zero-order valence-electron chi connectivity index (χ0n) is 23.2. The van der Waals surface area contributed by atoms with Gasteiger partial charge in [0.2, 0.25) is 5.91 Å². The predicted octanol–water partition coefficient (Wildman–Crippen LogP) is 4.54. The number of amides is 1. The van der Waals surface area contributed by atoms with E-state index in [1.54, 1.807) is 67.1 Å². The van der Waals surface area contributed by atoms with E-state index in [2.05, 4.69) is 9.97 Å². The van der Waals surface area contributed by atoms with Gasteiger partial charge in [-0.1, -0.05) is 30.3 Å². The summed E-state index contributed by atoms with van der Waals surface area (Å²) < 4.78 is 21.3. The fourth-order valence-corrected chi connectivity index (χ4v) is 5.38. The molecule has 0 unspecified atom stereocenters. The number of carbonyl (C=O) groups is 2. The number of hydrogen-bond acceptors (Lipinski definition) is 7. The Morgan fingerprint density at radius 2 is 1.79 bits per heavy atom. The van der Waals surface area contributed by atoms with E-state index < -0.39 is 17.8 Å². The molecule has 212 valence electrons. The van der Waals surface area contributed by atoms with Crippen molar-refractivity contribution in [1.82, 2.24) is 24.7 Å². The van der Waals surface area contributed by atoms with Crippen molar-refractivity contribution in [3.05, 3.63) is 95.1 Å². The zero-order valence-corrected chi connectivity index (χ0v) is 23.2. The maximum absolute atomic E-state index is 14.5. The Hall–Kier alpha value is -5.19. The molecule has 4 heterocycles. The monoisotopic (exact) mass is 566 g/mol. The molecule has 5 aromatic rings. The lowest BCUT2D eigenvalue weighted by Crippen LogP contribution is -2.36. The van der Waals surface area contributed by atoms with Gasteiger partial charge in [0.05, 0.1) is 43.1 Å². The second-order valence-corrected chi connectivity index (χ2v) is 10.6. The van der Waals surface area contributed by atoms with Crippen LogP contribution in [0.2, 0.25) is 0 Å². The molecule has 42 heavy (non-hydrogen) atoms. The highest BCUT2D eigenvalue weighted by atomic mass is 19.1. The predicted molar refractivity (Wildman–Crippen MR) is 153 cm³/mol. The van der Waals surface area contributed by atoms with Crippen LogP contribution in [0.5, 0.6) is 5.75 Å². The van der Waals surface area contributed by atoms with Crippen LogP contribution in [0.3, 0.4) is 0 Å². The molecule has 1 aliphatic rings. The van der Waals surface area contributed by atoms with Gasteiger partial charge < -0.3 is 9.84 Å². The van der Waals surface area contributed by atoms with Gasteiger partial charge in [-0.25, -0.2) is 24.0 Å². The van der Waals surface area contributed by atoms with Crippen LogP contribution in [0.4, 0.5) is 10.2 Å². The number of methoxy groups -OCH3 is 1. The minimum absolute atomic E-state index is 0.113. The third-order valence-electron chi connectivity index (χ3n) is 7.44. The van der Waals surface area contributed by atoms with E-state index in [9.17, 15) is 19.1 Å². The quantitative estimate of drug-likeness (QED) is 0.291. The number of benzene rings is 2. The molecule has 2 aromatic carbocycles. The number of pyridine rings is 1. The molecule has 0 radical (unpaired) electrons. The number of anilines is 1. The summed E-state index contributed by atoms with van der Waals surface area (Å²) in [5, 5.41) is 15.1. The smallest absolute Gasteiger partial charge is 0.309 e. The van der Waals surface area contributed by atoms with Crippen LogP contribution in [-0.2, 0) is 34.5 Å². The molecule has 0 fully saturated rings. The molecular weight excluding hydrogens is 539 g/mol. The molecule has 1 aliphatic heterocycles. The van der Waals surface area contributed by atoms with Gasteiger partial charge in [-0.05, 0) is 49.7 Å². The number of fused-ring (bicyclic) bond motifs is 2. The molecule has 11 heteroatoms. The lowest BCUT2D eigenvalue weighted by Gasteiger charge is -2.20. The molecule has 0 atom stereocenters. The lowest BCUT2D eigenvalue weighted by atomic mass is 9.85. The molecule has 1 N–H and O–H groups in total. The summed E-state index contributed by atoms with van der Waals surface area (Å²) >= 11 is 0. The largest absolute Gasteiger partial charge is 0.497 e. The summed E-state index contributed by atoms with van der Waals surface area (Å²) in [6, 6.07) is 17.3. The summed E-state index contributed by atoms with van der Waals surface area (Å²) in [4.78, 5) is 41.3. The Morgan fingerprint density at radius 1 is 1.02 bits per heavy atom. The normalized spacial score (nSPS) is 13.9. The van der Waals surface area contributed by atoms with E-state index in [0.29, 0.717) is 39.4 Å². The van der Waals surface area contributed by atoms with Crippen LogP contribution < -0.4 is 9.64 Å². The van der Waals surface area contributed by atoms with E-state index in [0.717, 1.165) is 5.56 Å². The van der Waals surface area contributed by atoms with Crippen LogP contribution in [0.25, 0.3) is 22.6 Å². The van der Waals surface area contributed by atoms with E-state index in [4.69, 9.17) is 14.8 Å². The van der Waals surface area contributed by atoms with Crippen LogP contribution in [0, 0.1) is 5.82 Å². The minimum atomic E-state index is -1.09. The molecule has 6 rings (SSSR count). The average molecular weight is 567 g/mol. The first-order chi connectivity index (χ1) is 20.2. The summed E-state index contributed by atoms with van der Waals surface area (Å²) in [6.07, 6.45) is 1.21. The fraction of sp³-hybridized carbons (Fsp3) is 0.226. The number of aliphatic carboxylic acids is 1. The summed E-state index contributed by atoms with van der Waals surface area (Å²) in [5.41, 5.74) is 1.77. The first-order valence-corrected chi connectivity index (χ1v) is 13.3. The first kappa shape index (κ1) is 27.0.